The van der Waals surface area contributed by atoms with Gasteiger partial charge in [-0.15, -0.1) is 0 Å². The van der Waals surface area contributed by atoms with Gasteiger partial charge in [0.2, 0.25) is 0 Å². The monoisotopic (exact) mass is 419 g/mol. The molecule has 1 fully saturated rings. The topological polar surface area (TPSA) is 74.4 Å². The van der Waals surface area contributed by atoms with E-state index in [4.69, 9.17) is 4.74 Å². The molecule has 0 unspecified atom stereocenters. The number of nitrogens with zero attached hydrogens (tertiary/aromatic N) is 1. The molecule has 1 aliphatic rings. The molecule has 2 aromatic carbocycles. The van der Waals surface area contributed by atoms with E-state index in [0.29, 0.717) is 11.3 Å². The summed E-state index contributed by atoms with van der Waals surface area (Å²) in [6, 6.07) is 15.2. The minimum Gasteiger partial charge on any atom is -0.497 e. The fourth-order valence-electron chi connectivity index (χ4n) is 4.27. The average Bonchev–Trinajstić information content (AvgIpc) is 3.32. The molecule has 3 aromatic rings. The van der Waals surface area contributed by atoms with Gasteiger partial charge in [0.1, 0.15) is 5.75 Å². The van der Waals surface area contributed by atoms with E-state index in [1.54, 1.807) is 7.11 Å². The third-order valence-electron chi connectivity index (χ3n) is 6.10. The van der Waals surface area contributed by atoms with Crippen LogP contribution in [0.25, 0.3) is 10.9 Å². The number of fused-ring (bicyclic) bond motifs is 1. The SMILES string of the molecule is CCc1ccc2[nH]c(=O)c(CN(C(=O)Nc3ccc(OC)cc3)C3CCCC3)cc2c1. The normalized spacial score (nSPS) is 14.0. The lowest BCUT2D eigenvalue weighted by Gasteiger charge is -2.29. The van der Waals surface area contributed by atoms with Gasteiger partial charge < -0.3 is 19.9 Å². The predicted octanol–water partition coefficient (Wildman–Crippen LogP) is 5.08. The average molecular weight is 420 g/mol. The number of H-pyrrole nitrogens is 1. The largest absolute Gasteiger partial charge is 0.497 e. The van der Waals surface area contributed by atoms with Crippen molar-refractivity contribution in [3.05, 3.63) is 70.0 Å². The molecule has 6 heteroatoms. The quantitative estimate of drug-likeness (QED) is 0.585. The lowest BCUT2D eigenvalue weighted by molar-refractivity contribution is 0.184. The van der Waals surface area contributed by atoms with Gasteiger partial charge in [0.05, 0.1) is 13.7 Å². The molecule has 0 bridgehead atoms. The Kier molecular flexibility index (Phi) is 6.26. The Morgan fingerprint density at radius 3 is 2.55 bits per heavy atom. The van der Waals surface area contributed by atoms with Crippen LogP contribution < -0.4 is 15.6 Å². The van der Waals surface area contributed by atoms with Gasteiger partial charge in [0, 0.05) is 22.8 Å². The molecular formula is C25H29N3O3. The molecule has 6 nitrogen and oxygen atoms in total. The van der Waals surface area contributed by atoms with Gasteiger partial charge in [-0.05, 0) is 72.7 Å². The number of anilines is 1. The molecule has 1 aromatic heterocycles. The van der Waals surface area contributed by atoms with Crippen molar-refractivity contribution in [2.75, 3.05) is 12.4 Å². The Morgan fingerprint density at radius 2 is 1.87 bits per heavy atom. The highest BCUT2D eigenvalue weighted by Gasteiger charge is 2.27. The van der Waals surface area contributed by atoms with E-state index >= 15 is 0 Å². The van der Waals surface area contributed by atoms with Crippen molar-refractivity contribution in [2.45, 2.75) is 51.6 Å². The third-order valence-corrected chi connectivity index (χ3v) is 6.10. The summed E-state index contributed by atoms with van der Waals surface area (Å²) in [5.74, 6) is 0.736. The number of aryl methyl sites for hydroxylation is 1. The number of rotatable bonds is 6. The van der Waals surface area contributed by atoms with Gasteiger partial charge in [0.15, 0.2) is 0 Å². The van der Waals surface area contributed by atoms with Gasteiger partial charge in [-0.1, -0.05) is 25.8 Å². The van der Waals surface area contributed by atoms with Crippen LogP contribution in [0.3, 0.4) is 0 Å². The first-order valence-electron chi connectivity index (χ1n) is 10.9. The Bertz CT molecular complexity index is 1120. The van der Waals surface area contributed by atoms with Gasteiger partial charge in [0.25, 0.3) is 5.56 Å². The van der Waals surface area contributed by atoms with Crippen LogP contribution in [0.5, 0.6) is 5.75 Å². The van der Waals surface area contributed by atoms with Crippen LogP contribution in [0.15, 0.2) is 53.3 Å². The third kappa shape index (κ3) is 4.74. The number of ether oxygens (including phenoxy) is 1. The number of amides is 2. The summed E-state index contributed by atoms with van der Waals surface area (Å²) in [4.78, 5) is 30.8. The van der Waals surface area contributed by atoms with Crippen molar-refractivity contribution in [3.63, 3.8) is 0 Å². The Hall–Kier alpha value is -3.28. The van der Waals surface area contributed by atoms with Crippen molar-refractivity contribution in [3.8, 4) is 5.75 Å². The first kappa shape index (κ1) is 21.0. The minimum absolute atomic E-state index is 0.135. The molecule has 1 heterocycles. The van der Waals surface area contributed by atoms with Crippen molar-refractivity contribution in [1.82, 2.24) is 9.88 Å². The van der Waals surface area contributed by atoms with E-state index < -0.39 is 0 Å². The van der Waals surface area contributed by atoms with Crippen LogP contribution in [0, 0.1) is 0 Å². The molecule has 2 amide bonds. The summed E-state index contributed by atoms with van der Waals surface area (Å²) in [6.45, 7) is 2.40. The number of nitrogens with one attached hydrogen (secondary N) is 2. The van der Waals surface area contributed by atoms with Crippen LogP contribution >= 0.6 is 0 Å². The maximum Gasteiger partial charge on any atom is 0.322 e. The number of benzene rings is 2. The fraction of sp³-hybridized carbons (Fsp3) is 0.360. The standard InChI is InChI=1S/C25H29N3O3/c1-3-17-8-13-23-18(14-17)15-19(24(29)27-23)16-28(21-6-4-5-7-21)25(30)26-20-9-11-22(31-2)12-10-20/h8-15,21H,3-7,16H2,1-2H3,(H,26,30)(H,27,29). The Balaban J connectivity index is 1.61. The maximum atomic E-state index is 13.2. The second-order valence-electron chi connectivity index (χ2n) is 8.12. The van der Waals surface area contributed by atoms with Gasteiger partial charge >= 0.3 is 6.03 Å². The predicted molar refractivity (Wildman–Crippen MR) is 124 cm³/mol. The molecule has 0 atom stereocenters. The highest BCUT2D eigenvalue weighted by molar-refractivity contribution is 5.89. The van der Waals surface area contributed by atoms with Crippen molar-refractivity contribution < 1.29 is 9.53 Å². The van der Waals surface area contributed by atoms with Gasteiger partial charge in [-0.2, -0.15) is 0 Å². The summed E-state index contributed by atoms with van der Waals surface area (Å²) in [5, 5.41) is 3.98. The number of urea groups is 1. The fourth-order valence-corrected chi connectivity index (χ4v) is 4.27. The molecule has 2 N–H and O–H groups in total. The lowest BCUT2D eigenvalue weighted by Crippen LogP contribution is -2.42. The zero-order chi connectivity index (χ0) is 21.8. The molecule has 1 saturated carbocycles. The van der Waals surface area contributed by atoms with Crippen molar-refractivity contribution in [1.29, 1.82) is 0 Å². The molecule has 0 radical (unpaired) electrons. The van der Waals surface area contributed by atoms with E-state index in [9.17, 15) is 9.59 Å². The Labute approximate surface area is 182 Å². The van der Waals surface area contributed by atoms with Gasteiger partial charge in [-0.25, -0.2) is 4.79 Å². The summed E-state index contributed by atoms with van der Waals surface area (Å²) < 4.78 is 5.19. The molecule has 0 saturated heterocycles. The second-order valence-corrected chi connectivity index (χ2v) is 8.12. The first-order valence-corrected chi connectivity index (χ1v) is 10.9. The number of pyridine rings is 1. The maximum absolute atomic E-state index is 13.2. The molecule has 1 aliphatic carbocycles. The molecule has 162 valence electrons. The second kappa shape index (κ2) is 9.25. The van der Waals surface area contributed by atoms with Crippen LogP contribution in [0.1, 0.15) is 43.7 Å². The van der Waals surface area contributed by atoms with E-state index in [-0.39, 0.29) is 24.2 Å². The van der Waals surface area contributed by atoms with Crippen LogP contribution in [0.4, 0.5) is 10.5 Å². The van der Waals surface area contributed by atoms with Crippen molar-refractivity contribution >= 4 is 22.6 Å². The number of aromatic nitrogens is 1. The summed E-state index contributed by atoms with van der Waals surface area (Å²) in [6.07, 6.45) is 5.06. The highest BCUT2D eigenvalue weighted by Crippen LogP contribution is 2.26. The van der Waals surface area contributed by atoms with Gasteiger partial charge in [-0.3, -0.25) is 4.79 Å². The molecule has 4 rings (SSSR count). The number of hydrogen-bond acceptors (Lipinski definition) is 3. The molecule has 0 aliphatic heterocycles. The molecule has 0 spiro atoms. The Morgan fingerprint density at radius 1 is 1.13 bits per heavy atom. The number of carbonyl (C=O) groups excluding carboxylic acids is 1. The summed E-state index contributed by atoms with van der Waals surface area (Å²) in [5.41, 5.74) is 3.21. The van der Waals surface area contributed by atoms with Crippen molar-refractivity contribution in [2.24, 2.45) is 0 Å². The zero-order valence-corrected chi connectivity index (χ0v) is 18.1. The number of carbonyl (C=O) groups is 1. The van der Waals surface area contributed by atoms with E-state index in [0.717, 1.165) is 48.8 Å². The lowest BCUT2D eigenvalue weighted by atomic mass is 10.1. The smallest absolute Gasteiger partial charge is 0.322 e. The van der Waals surface area contributed by atoms with E-state index in [2.05, 4.69) is 23.3 Å². The number of methoxy groups -OCH3 is 1. The molecule has 31 heavy (non-hydrogen) atoms. The highest BCUT2D eigenvalue weighted by atomic mass is 16.5. The number of hydrogen-bond donors (Lipinski definition) is 2. The summed E-state index contributed by atoms with van der Waals surface area (Å²) in [7, 11) is 1.61. The van der Waals surface area contributed by atoms with Crippen LogP contribution in [-0.4, -0.2) is 29.1 Å². The van der Waals surface area contributed by atoms with E-state index in [1.165, 1.54) is 5.56 Å². The van der Waals surface area contributed by atoms with E-state index in [1.807, 2.05) is 47.4 Å². The van der Waals surface area contributed by atoms with Crippen LogP contribution in [-0.2, 0) is 13.0 Å². The first-order chi connectivity index (χ1) is 15.1. The van der Waals surface area contributed by atoms with Crippen LogP contribution in [0.2, 0.25) is 0 Å². The summed E-state index contributed by atoms with van der Waals surface area (Å²) >= 11 is 0. The number of aromatic amines is 1. The zero-order valence-electron chi connectivity index (χ0n) is 18.1. The molecular weight excluding hydrogens is 390 g/mol. The minimum atomic E-state index is -0.182.